The molecule has 10 heavy (non-hydrogen) atoms. The summed E-state index contributed by atoms with van der Waals surface area (Å²) in [5, 5.41) is 26.7. The number of hydrogen-bond donors (Lipinski definition) is 2. The molecule has 0 amide bonds. The maximum atomic E-state index is 10.4. The van der Waals surface area contributed by atoms with E-state index in [4.69, 9.17) is 21.8 Å². The van der Waals surface area contributed by atoms with Crippen LogP contribution in [0.1, 0.15) is 6.42 Å². The first-order chi connectivity index (χ1) is 4.57. The van der Waals surface area contributed by atoms with Crippen LogP contribution >= 0.6 is 11.6 Å². The topological polar surface area (TPSA) is 63.5 Å². The minimum absolute atomic E-state index is 0.0559. The number of hydrogen-bond acceptors (Lipinski definition) is 3. The summed E-state index contributed by atoms with van der Waals surface area (Å²) in [6.45, 7) is 2.68. The summed E-state index contributed by atoms with van der Waals surface area (Å²) in [5.74, 6) is -0.436. The van der Waals surface area contributed by atoms with Gasteiger partial charge in [-0.15, -0.1) is 23.9 Å². The van der Waals surface area contributed by atoms with E-state index < -0.39 is 17.2 Å². The SMILES string of the molecule is C=C([O-])[C@H](Cl)CC(O)CO. The molecule has 0 aromatic heterocycles. The fraction of sp³-hybridized carbons (Fsp3) is 0.667. The molecule has 0 heterocycles. The van der Waals surface area contributed by atoms with E-state index in [2.05, 4.69) is 6.58 Å². The van der Waals surface area contributed by atoms with Gasteiger partial charge in [-0.25, -0.2) is 0 Å². The Kier molecular flexibility index (Phi) is 4.43. The lowest BCUT2D eigenvalue weighted by molar-refractivity contribution is -0.305. The van der Waals surface area contributed by atoms with E-state index in [9.17, 15) is 5.11 Å². The van der Waals surface area contributed by atoms with Gasteiger partial charge in [-0.3, -0.25) is 0 Å². The number of halogens is 1. The fourth-order valence-corrected chi connectivity index (χ4v) is 0.651. The fourth-order valence-electron chi connectivity index (χ4n) is 0.445. The Hall–Kier alpha value is -0.250. The van der Waals surface area contributed by atoms with E-state index in [0.717, 1.165) is 0 Å². The van der Waals surface area contributed by atoms with Gasteiger partial charge in [-0.2, -0.15) is 0 Å². The van der Waals surface area contributed by atoms with Crippen molar-refractivity contribution in [2.24, 2.45) is 0 Å². The van der Waals surface area contributed by atoms with Gasteiger partial charge in [0.15, 0.2) is 0 Å². The van der Waals surface area contributed by atoms with Crippen molar-refractivity contribution in [2.45, 2.75) is 17.9 Å². The van der Waals surface area contributed by atoms with Gasteiger partial charge >= 0.3 is 0 Å². The van der Waals surface area contributed by atoms with E-state index in [0.29, 0.717) is 0 Å². The quantitative estimate of drug-likeness (QED) is 0.424. The van der Waals surface area contributed by atoms with Crippen molar-refractivity contribution in [2.75, 3.05) is 6.61 Å². The molecular formula is C6H10ClO3-. The maximum absolute atomic E-state index is 10.4. The highest BCUT2D eigenvalue weighted by molar-refractivity contribution is 6.22. The number of alkyl halides is 1. The number of rotatable bonds is 4. The number of aliphatic hydroxyl groups excluding tert-OH is 2. The van der Waals surface area contributed by atoms with Gasteiger partial charge in [0.2, 0.25) is 0 Å². The Morgan fingerprint density at radius 2 is 2.20 bits per heavy atom. The van der Waals surface area contributed by atoms with Gasteiger partial charge in [-0.1, -0.05) is 0 Å². The molecule has 0 aromatic carbocycles. The zero-order valence-corrected chi connectivity index (χ0v) is 6.21. The summed E-state index contributed by atoms with van der Waals surface area (Å²) >= 11 is 5.41. The molecule has 0 aliphatic carbocycles. The van der Waals surface area contributed by atoms with E-state index in [1.807, 2.05) is 0 Å². The van der Waals surface area contributed by atoms with Crippen LogP contribution in [-0.4, -0.2) is 28.3 Å². The smallest absolute Gasteiger partial charge is 0.0787 e. The van der Waals surface area contributed by atoms with Crippen LogP contribution in [0.25, 0.3) is 0 Å². The molecule has 0 spiro atoms. The Bertz CT molecular complexity index is 116. The standard InChI is InChI=1S/C6H11ClO3/c1-4(9)6(7)2-5(10)3-8/h5-6,8-10H,1-3H2/p-1/t5?,6-/m1/s1. The maximum Gasteiger partial charge on any atom is 0.0787 e. The van der Waals surface area contributed by atoms with Crippen LogP contribution in [0.5, 0.6) is 0 Å². The third-order valence-electron chi connectivity index (χ3n) is 1.04. The summed E-state index contributed by atoms with van der Waals surface area (Å²) in [5.41, 5.74) is 0. The average molecular weight is 166 g/mol. The predicted molar refractivity (Wildman–Crippen MR) is 36.5 cm³/mol. The first kappa shape index (κ1) is 9.75. The van der Waals surface area contributed by atoms with Gasteiger partial charge in [0.05, 0.1) is 12.7 Å². The first-order valence-electron chi connectivity index (χ1n) is 2.86. The molecule has 0 aliphatic heterocycles. The van der Waals surface area contributed by atoms with Crippen LogP contribution in [0.2, 0.25) is 0 Å². The van der Waals surface area contributed by atoms with Crippen LogP contribution < -0.4 is 5.11 Å². The molecule has 4 heteroatoms. The second kappa shape index (κ2) is 4.55. The molecule has 0 saturated carbocycles. The third-order valence-corrected chi connectivity index (χ3v) is 1.46. The Balaban J connectivity index is 3.56. The van der Waals surface area contributed by atoms with Gasteiger partial charge in [0, 0.05) is 5.38 Å². The summed E-state index contributed by atoms with van der Waals surface area (Å²) < 4.78 is 0. The lowest BCUT2D eigenvalue weighted by atomic mass is 10.2. The van der Waals surface area contributed by atoms with E-state index in [1.165, 1.54) is 0 Å². The molecule has 0 aromatic rings. The van der Waals surface area contributed by atoms with E-state index >= 15 is 0 Å². The van der Waals surface area contributed by atoms with Crippen LogP contribution in [0.15, 0.2) is 12.3 Å². The summed E-state index contributed by atoms with van der Waals surface area (Å²) in [4.78, 5) is 0. The molecule has 2 N–H and O–H groups in total. The third kappa shape index (κ3) is 3.71. The summed E-state index contributed by atoms with van der Waals surface area (Å²) in [6, 6.07) is 0. The van der Waals surface area contributed by atoms with Crippen molar-refractivity contribution in [3.8, 4) is 0 Å². The molecule has 0 radical (unpaired) electrons. The molecule has 3 nitrogen and oxygen atoms in total. The van der Waals surface area contributed by atoms with Crippen molar-refractivity contribution in [1.29, 1.82) is 0 Å². The highest BCUT2D eigenvalue weighted by atomic mass is 35.5. The Morgan fingerprint density at radius 3 is 2.50 bits per heavy atom. The molecule has 0 rings (SSSR count). The van der Waals surface area contributed by atoms with Gasteiger partial charge in [-0.05, 0) is 6.42 Å². The lowest BCUT2D eigenvalue weighted by Crippen LogP contribution is -2.22. The molecular weight excluding hydrogens is 156 g/mol. The molecule has 0 bridgehead atoms. The zero-order chi connectivity index (χ0) is 8.15. The molecule has 2 atom stereocenters. The van der Waals surface area contributed by atoms with E-state index in [1.54, 1.807) is 0 Å². The second-order valence-corrected chi connectivity index (χ2v) is 2.53. The van der Waals surface area contributed by atoms with Crippen molar-refractivity contribution < 1.29 is 15.3 Å². The highest BCUT2D eigenvalue weighted by Gasteiger charge is 2.08. The van der Waals surface area contributed by atoms with Crippen LogP contribution in [-0.2, 0) is 0 Å². The minimum atomic E-state index is -0.923. The largest absolute Gasteiger partial charge is 0.875 e. The van der Waals surface area contributed by atoms with Gasteiger partial charge in [0.25, 0.3) is 0 Å². The lowest BCUT2D eigenvalue weighted by Gasteiger charge is -2.18. The van der Waals surface area contributed by atoms with Crippen molar-refractivity contribution in [1.82, 2.24) is 0 Å². The minimum Gasteiger partial charge on any atom is -0.875 e. The van der Waals surface area contributed by atoms with Crippen LogP contribution in [0, 0.1) is 0 Å². The molecule has 1 unspecified atom stereocenters. The van der Waals surface area contributed by atoms with Crippen LogP contribution in [0.3, 0.4) is 0 Å². The van der Waals surface area contributed by atoms with Crippen LogP contribution in [0.4, 0.5) is 0 Å². The van der Waals surface area contributed by atoms with Gasteiger partial charge in [0.1, 0.15) is 0 Å². The van der Waals surface area contributed by atoms with Crippen molar-refractivity contribution >= 4 is 11.6 Å². The van der Waals surface area contributed by atoms with Gasteiger partial charge < -0.3 is 15.3 Å². The molecule has 0 aliphatic rings. The zero-order valence-electron chi connectivity index (χ0n) is 5.46. The van der Waals surface area contributed by atoms with E-state index in [-0.39, 0.29) is 13.0 Å². The average Bonchev–Trinajstić information content (AvgIpc) is 1.87. The molecule has 0 saturated heterocycles. The second-order valence-electron chi connectivity index (χ2n) is 2.01. The molecule has 0 fully saturated rings. The predicted octanol–water partition coefficient (Wildman–Crippen LogP) is -0.789. The van der Waals surface area contributed by atoms with Crippen molar-refractivity contribution in [3.05, 3.63) is 12.3 Å². The summed E-state index contributed by atoms with van der Waals surface area (Å²) in [7, 11) is 0. The number of aliphatic hydroxyl groups is 2. The first-order valence-corrected chi connectivity index (χ1v) is 3.30. The Labute approximate surface area is 64.6 Å². The summed E-state index contributed by atoms with van der Waals surface area (Å²) in [6.07, 6.45) is -0.867. The van der Waals surface area contributed by atoms with Crippen molar-refractivity contribution in [3.63, 3.8) is 0 Å². The monoisotopic (exact) mass is 165 g/mol. The normalized spacial score (nSPS) is 16.3. The highest BCUT2D eigenvalue weighted by Crippen LogP contribution is 2.09. The number of allylic oxidation sites excluding steroid dienone is 1. The Morgan fingerprint density at radius 1 is 1.70 bits per heavy atom. The molecule has 60 valence electrons.